The number of ether oxygens (including phenoxy) is 1. The third kappa shape index (κ3) is 3.08. The van der Waals surface area contributed by atoms with E-state index in [4.69, 9.17) is 4.74 Å². The van der Waals surface area contributed by atoms with Gasteiger partial charge in [-0.05, 0) is 19.9 Å². The van der Waals surface area contributed by atoms with Gasteiger partial charge in [0.25, 0.3) is 5.91 Å². The number of hydrogen-bond acceptors (Lipinski definition) is 6. The van der Waals surface area contributed by atoms with Gasteiger partial charge in [0.05, 0.1) is 24.4 Å². The summed E-state index contributed by atoms with van der Waals surface area (Å²) in [5, 5.41) is 1.77. The zero-order valence-corrected chi connectivity index (χ0v) is 12.8. The van der Waals surface area contributed by atoms with E-state index < -0.39 is 0 Å². The molecule has 0 aromatic carbocycles. The van der Waals surface area contributed by atoms with E-state index in [1.165, 1.54) is 11.3 Å². The average molecular weight is 304 g/mol. The van der Waals surface area contributed by atoms with Crippen LogP contribution in [-0.2, 0) is 4.74 Å². The molecule has 1 aliphatic heterocycles. The van der Waals surface area contributed by atoms with Crippen molar-refractivity contribution in [2.75, 3.05) is 19.7 Å². The van der Waals surface area contributed by atoms with Gasteiger partial charge < -0.3 is 9.64 Å². The summed E-state index contributed by atoms with van der Waals surface area (Å²) in [6.45, 7) is 5.36. The summed E-state index contributed by atoms with van der Waals surface area (Å²) in [5.74, 6) is 0.670. The first kappa shape index (κ1) is 14.1. The third-order valence-electron chi connectivity index (χ3n) is 3.32. The molecule has 6 nitrogen and oxygen atoms in total. The van der Waals surface area contributed by atoms with Gasteiger partial charge in [-0.3, -0.25) is 4.79 Å². The number of hydrogen-bond donors (Lipinski definition) is 0. The standard InChI is InChI=1S/C14H16N4O2S/c1-9-5-11(17-10(2)16-9)13-6-18(3-4-20-13)14(19)12-7-21-8-15-12/h5,7-8,13H,3-4,6H2,1-2H3. The number of carbonyl (C=O) groups excluding carboxylic acids is 1. The highest BCUT2D eigenvalue weighted by atomic mass is 32.1. The Kier molecular flexibility index (Phi) is 3.94. The average Bonchev–Trinajstić information content (AvgIpc) is 3.00. The van der Waals surface area contributed by atoms with Crippen molar-refractivity contribution in [3.05, 3.63) is 39.9 Å². The minimum absolute atomic E-state index is 0.0490. The molecule has 0 radical (unpaired) electrons. The van der Waals surface area contributed by atoms with E-state index >= 15 is 0 Å². The van der Waals surface area contributed by atoms with Crippen LogP contribution in [0.5, 0.6) is 0 Å². The third-order valence-corrected chi connectivity index (χ3v) is 3.91. The number of nitrogens with zero attached hydrogens (tertiary/aromatic N) is 4. The molecular formula is C14H16N4O2S. The van der Waals surface area contributed by atoms with Crippen LogP contribution in [0.25, 0.3) is 0 Å². The molecule has 1 unspecified atom stereocenters. The number of amides is 1. The summed E-state index contributed by atoms with van der Waals surface area (Å²) in [4.78, 5) is 26.9. The van der Waals surface area contributed by atoms with Gasteiger partial charge in [-0.25, -0.2) is 15.0 Å². The summed E-state index contributed by atoms with van der Waals surface area (Å²) >= 11 is 1.42. The minimum atomic E-state index is -0.207. The van der Waals surface area contributed by atoms with Gasteiger partial charge in [-0.2, -0.15) is 0 Å². The summed E-state index contributed by atoms with van der Waals surface area (Å²) in [7, 11) is 0. The summed E-state index contributed by atoms with van der Waals surface area (Å²) in [6, 6.07) is 1.91. The van der Waals surface area contributed by atoms with Crippen LogP contribution in [0.2, 0.25) is 0 Å². The SMILES string of the molecule is Cc1cc(C2CN(C(=O)c3cscn3)CCO2)nc(C)n1. The van der Waals surface area contributed by atoms with Gasteiger partial charge in [-0.1, -0.05) is 0 Å². The Hall–Kier alpha value is -1.86. The van der Waals surface area contributed by atoms with E-state index in [2.05, 4.69) is 15.0 Å². The molecule has 0 saturated carbocycles. The van der Waals surface area contributed by atoms with Crippen LogP contribution in [-0.4, -0.2) is 45.5 Å². The van der Waals surface area contributed by atoms with Crippen molar-refractivity contribution in [2.24, 2.45) is 0 Å². The normalized spacial score (nSPS) is 18.8. The Morgan fingerprint density at radius 2 is 2.29 bits per heavy atom. The number of morpholine rings is 1. The minimum Gasteiger partial charge on any atom is -0.368 e. The maximum Gasteiger partial charge on any atom is 0.273 e. The van der Waals surface area contributed by atoms with E-state index in [1.54, 1.807) is 15.8 Å². The fourth-order valence-corrected chi connectivity index (χ4v) is 2.93. The molecule has 2 aromatic rings. The Balaban J connectivity index is 1.78. The predicted octanol–water partition coefficient (Wildman–Crippen LogP) is 1.76. The van der Waals surface area contributed by atoms with Crippen LogP contribution in [0.1, 0.15) is 33.8 Å². The first-order valence-electron chi connectivity index (χ1n) is 6.75. The lowest BCUT2D eigenvalue weighted by atomic mass is 10.1. The van der Waals surface area contributed by atoms with Crippen LogP contribution in [0, 0.1) is 13.8 Å². The van der Waals surface area contributed by atoms with Gasteiger partial charge in [0.2, 0.25) is 0 Å². The molecule has 1 amide bonds. The first-order chi connectivity index (χ1) is 10.1. The fraction of sp³-hybridized carbons (Fsp3) is 0.429. The molecule has 2 aromatic heterocycles. The molecule has 0 N–H and O–H groups in total. The Bertz CT molecular complexity index is 624. The lowest BCUT2D eigenvalue weighted by Gasteiger charge is -2.32. The van der Waals surface area contributed by atoms with Crippen molar-refractivity contribution < 1.29 is 9.53 Å². The smallest absolute Gasteiger partial charge is 0.273 e. The molecule has 110 valence electrons. The predicted molar refractivity (Wildman–Crippen MR) is 78.2 cm³/mol. The molecule has 3 rings (SSSR count). The second-order valence-electron chi connectivity index (χ2n) is 4.97. The first-order valence-corrected chi connectivity index (χ1v) is 7.69. The Morgan fingerprint density at radius 3 is 3.00 bits per heavy atom. The van der Waals surface area contributed by atoms with Gasteiger partial charge in [0.1, 0.15) is 17.6 Å². The van der Waals surface area contributed by atoms with Crippen LogP contribution < -0.4 is 0 Å². The van der Waals surface area contributed by atoms with E-state index in [1.807, 2.05) is 19.9 Å². The number of aromatic nitrogens is 3. The molecule has 7 heteroatoms. The van der Waals surface area contributed by atoms with Gasteiger partial charge in [0, 0.05) is 17.6 Å². The molecule has 1 saturated heterocycles. The van der Waals surface area contributed by atoms with Crippen molar-refractivity contribution in [1.29, 1.82) is 0 Å². The molecule has 0 spiro atoms. The molecule has 21 heavy (non-hydrogen) atoms. The van der Waals surface area contributed by atoms with Crippen molar-refractivity contribution in [3.63, 3.8) is 0 Å². The van der Waals surface area contributed by atoms with E-state index in [0.717, 1.165) is 17.2 Å². The number of rotatable bonds is 2. The number of carbonyl (C=O) groups is 1. The van der Waals surface area contributed by atoms with E-state index in [0.29, 0.717) is 25.4 Å². The van der Waals surface area contributed by atoms with Gasteiger partial charge >= 0.3 is 0 Å². The second kappa shape index (κ2) is 5.87. The van der Waals surface area contributed by atoms with Crippen LogP contribution >= 0.6 is 11.3 Å². The second-order valence-corrected chi connectivity index (χ2v) is 5.68. The maximum atomic E-state index is 12.4. The molecule has 0 bridgehead atoms. The molecule has 1 fully saturated rings. The highest BCUT2D eigenvalue weighted by molar-refractivity contribution is 7.07. The van der Waals surface area contributed by atoms with Crippen molar-refractivity contribution in [3.8, 4) is 0 Å². The molecule has 3 heterocycles. The number of aryl methyl sites for hydroxylation is 2. The summed E-state index contributed by atoms with van der Waals surface area (Å²) in [5.41, 5.74) is 3.90. The van der Waals surface area contributed by atoms with Gasteiger partial charge in [0.15, 0.2) is 0 Å². The van der Waals surface area contributed by atoms with Crippen molar-refractivity contribution in [2.45, 2.75) is 20.0 Å². The van der Waals surface area contributed by atoms with Gasteiger partial charge in [-0.15, -0.1) is 11.3 Å². The highest BCUT2D eigenvalue weighted by Crippen LogP contribution is 2.22. The van der Waals surface area contributed by atoms with Crippen molar-refractivity contribution in [1.82, 2.24) is 19.9 Å². The zero-order chi connectivity index (χ0) is 14.8. The topological polar surface area (TPSA) is 68.2 Å². The monoisotopic (exact) mass is 304 g/mol. The quantitative estimate of drug-likeness (QED) is 0.845. The lowest BCUT2D eigenvalue weighted by Crippen LogP contribution is -2.42. The van der Waals surface area contributed by atoms with Crippen molar-refractivity contribution >= 4 is 17.2 Å². The molecule has 1 aliphatic rings. The van der Waals surface area contributed by atoms with E-state index in [9.17, 15) is 4.79 Å². The Labute approximate surface area is 126 Å². The van der Waals surface area contributed by atoms with Crippen LogP contribution in [0.4, 0.5) is 0 Å². The fourth-order valence-electron chi connectivity index (χ4n) is 2.40. The highest BCUT2D eigenvalue weighted by Gasteiger charge is 2.28. The molecular weight excluding hydrogens is 288 g/mol. The Morgan fingerprint density at radius 1 is 1.43 bits per heavy atom. The molecule has 1 atom stereocenters. The zero-order valence-electron chi connectivity index (χ0n) is 11.9. The molecule has 0 aliphatic carbocycles. The van der Waals surface area contributed by atoms with E-state index in [-0.39, 0.29) is 12.0 Å². The van der Waals surface area contributed by atoms with Crippen LogP contribution in [0.3, 0.4) is 0 Å². The maximum absolute atomic E-state index is 12.4. The largest absolute Gasteiger partial charge is 0.368 e. The summed E-state index contributed by atoms with van der Waals surface area (Å²) < 4.78 is 5.77. The number of thiazole rings is 1. The van der Waals surface area contributed by atoms with Crippen LogP contribution in [0.15, 0.2) is 17.0 Å². The summed E-state index contributed by atoms with van der Waals surface area (Å²) in [6.07, 6.45) is -0.207. The lowest BCUT2D eigenvalue weighted by molar-refractivity contribution is -0.0250.